The smallest absolute Gasteiger partial charge is 0.276 e. The molecule has 8 nitrogen and oxygen atoms in total. The molecule has 3 aromatic rings. The Hall–Kier alpha value is -3.16. The maximum atomic E-state index is 12.5. The third-order valence-electron chi connectivity index (χ3n) is 4.51. The highest BCUT2D eigenvalue weighted by atomic mass is 16.5. The van der Waals surface area contributed by atoms with Gasteiger partial charge < -0.3 is 14.1 Å². The fraction of sp³-hybridized carbons (Fsp3) is 0.333. The highest BCUT2D eigenvalue weighted by Gasteiger charge is 2.28. The van der Waals surface area contributed by atoms with Gasteiger partial charge in [0.15, 0.2) is 12.1 Å². The molecule has 0 saturated carbocycles. The largest absolute Gasteiger partial charge is 0.471 e. The molecule has 1 amide bonds. The summed E-state index contributed by atoms with van der Waals surface area (Å²) >= 11 is 0. The molecule has 0 N–H and O–H groups in total. The van der Waals surface area contributed by atoms with Gasteiger partial charge in [-0.15, -0.1) is 0 Å². The van der Waals surface area contributed by atoms with Crippen molar-refractivity contribution in [2.24, 2.45) is 7.05 Å². The van der Waals surface area contributed by atoms with Gasteiger partial charge >= 0.3 is 0 Å². The van der Waals surface area contributed by atoms with E-state index in [-0.39, 0.29) is 5.91 Å². The monoisotopic (exact) mass is 353 g/mol. The number of aromatic nitrogens is 4. The van der Waals surface area contributed by atoms with Crippen molar-refractivity contribution in [2.75, 3.05) is 6.54 Å². The zero-order valence-corrected chi connectivity index (χ0v) is 14.7. The lowest BCUT2D eigenvalue weighted by Gasteiger charge is -2.27. The van der Waals surface area contributed by atoms with Crippen LogP contribution in [0.3, 0.4) is 0 Å². The molecule has 8 heteroatoms. The predicted molar refractivity (Wildman–Crippen MR) is 91.5 cm³/mol. The van der Waals surface area contributed by atoms with Crippen molar-refractivity contribution in [3.05, 3.63) is 59.2 Å². The van der Waals surface area contributed by atoms with Crippen molar-refractivity contribution in [2.45, 2.75) is 26.5 Å². The number of fused-ring (bicyclic) bond motifs is 1. The lowest BCUT2D eigenvalue weighted by molar-refractivity contribution is 0.0726. The summed E-state index contributed by atoms with van der Waals surface area (Å²) < 4.78 is 12.6. The predicted octanol–water partition coefficient (Wildman–Crippen LogP) is 1.89. The Kier molecular flexibility index (Phi) is 4.16. The zero-order chi connectivity index (χ0) is 18.1. The third kappa shape index (κ3) is 3.05. The number of hydrogen-bond acceptors (Lipinski definition) is 6. The van der Waals surface area contributed by atoms with Crippen LogP contribution in [0, 0.1) is 6.92 Å². The highest BCUT2D eigenvalue weighted by molar-refractivity contribution is 5.92. The Labute approximate surface area is 150 Å². The second-order valence-corrected chi connectivity index (χ2v) is 6.31. The number of ether oxygens (including phenoxy) is 1. The molecule has 0 aromatic carbocycles. The average Bonchev–Trinajstić information content (AvgIpc) is 3.28. The Morgan fingerprint density at radius 1 is 1.38 bits per heavy atom. The number of carbonyl (C=O) groups excluding carboxylic acids is 1. The van der Waals surface area contributed by atoms with E-state index >= 15 is 0 Å². The van der Waals surface area contributed by atoms with Crippen LogP contribution in [0.2, 0.25) is 0 Å². The van der Waals surface area contributed by atoms with E-state index in [1.54, 1.807) is 11.1 Å². The molecule has 0 saturated heterocycles. The van der Waals surface area contributed by atoms with Crippen LogP contribution >= 0.6 is 0 Å². The molecule has 0 unspecified atom stereocenters. The van der Waals surface area contributed by atoms with Crippen LogP contribution in [-0.2, 0) is 26.6 Å². The normalized spacial score (nSPS) is 13.5. The van der Waals surface area contributed by atoms with Gasteiger partial charge in [0.05, 0.1) is 0 Å². The van der Waals surface area contributed by atoms with Crippen molar-refractivity contribution in [3.8, 4) is 5.88 Å². The summed E-state index contributed by atoms with van der Waals surface area (Å²) in [4.78, 5) is 22.5. The number of nitrogens with zero attached hydrogens (tertiary/aromatic N) is 5. The average molecular weight is 353 g/mol. The first-order valence-electron chi connectivity index (χ1n) is 8.38. The second-order valence-electron chi connectivity index (χ2n) is 6.31. The van der Waals surface area contributed by atoms with Gasteiger partial charge in [-0.2, -0.15) is 5.10 Å². The molecule has 3 aromatic heterocycles. The molecule has 134 valence electrons. The molecular weight excluding hydrogens is 334 g/mol. The molecule has 0 atom stereocenters. The van der Waals surface area contributed by atoms with E-state index in [9.17, 15) is 4.79 Å². The molecule has 4 heterocycles. The first kappa shape index (κ1) is 16.3. The number of hydrogen-bond donors (Lipinski definition) is 0. The van der Waals surface area contributed by atoms with E-state index in [1.165, 1.54) is 12.7 Å². The zero-order valence-electron chi connectivity index (χ0n) is 14.7. The summed E-state index contributed by atoms with van der Waals surface area (Å²) in [5.41, 5.74) is 4.39. The summed E-state index contributed by atoms with van der Waals surface area (Å²) in [6, 6.07) is 3.80. The number of pyridine rings is 1. The maximum absolute atomic E-state index is 12.5. The van der Waals surface area contributed by atoms with E-state index in [2.05, 4.69) is 15.1 Å². The molecule has 4 rings (SSSR count). The first-order valence-corrected chi connectivity index (χ1v) is 8.38. The van der Waals surface area contributed by atoms with E-state index in [0.29, 0.717) is 31.3 Å². The number of aryl methyl sites for hydroxylation is 2. The van der Waals surface area contributed by atoms with Gasteiger partial charge in [0, 0.05) is 50.1 Å². The van der Waals surface area contributed by atoms with Gasteiger partial charge in [-0.3, -0.25) is 9.48 Å². The molecule has 0 aliphatic carbocycles. The van der Waals surface area contributed by atoms with Crippen LogP contribution in [0.25, 0.3) is 0 Å². The first-order chi connectivity index (χ1) is 12.6. The molecule has 0 bridgehead atoms. The van der Waals surface area contributed by atoms with Crippen LogP contribution in [0.4, 0.5) is 0 Å². The minimum absolute atomic E-state index is 0.138. The Bertz CT molecular complexity index is 932. The van der Waals surface area contributed by atoms with Crippen LogP contribution in [-0.4, -0.2) is 37.1 Å². The van der Waals surface area contributed by atoms with Crippen molar-refractivity contribution in [1.82, 2.24) is 24.6 Å². The van der Waals surface area contributed by atoms with E-state index < -0.39 is 0 Å². The molecule has 1 aliphatic rings. The Balaban J connectivity index is 1.53. The highest BCUT2D eigenvalue weighted by Crippen LogP contribution is 2.24. The number of oxazole rings is 1. The summed E-state index contributed by atoms with van der Waals surface area (Å²) in [7, 11) is 1.92. The van der Waals surface area contributed by atoms with E-state index in [1.807, 2.05) is 30.8 Å². The fourth-order valence-corrected chi connectivity index (χ4v) is 3.17. The van der Waals surface area contributed by atoms with Gasteiger partial charge in [0.1, 0.15) is 18.6 Å². The summed E-state index contributed by atoms with van der Waals surface area (Å²) in [6.45, 7) is 3.41. The van der Waals surface area contributed by atoms with Crippen LogP contribution in [0.1, 0.15) is 33.0 Å². The Morgan fingerprint density at radius 2 is 2.27 bits per heavy atom. The molecule has 26 heavy (non-hydrogen) atoms. The number of carbonyl (C=O) groups is 1. The maximum Gasteiger partial charge on any atom is 0.276 e. The summed E-state index contributed by atoms with van der Waals surface area (Å²) in [6.07, 6.45) is 5.09. The number of rotatable bonds is 4. The van der Waals surface area contributed by atoms with Crippen molar-refractivity contribution >= 4 is 5.91 Å². The van der Waals surface area contributed by atoms with Crippen molar-refractivity contribution < 1.29 is 13.9 Å². The van der Waals surface area contributed by atoms with Gasteiger partial charge in [0.2, 0.25) is 5.88 Å². The quantitative estimate of drug-likeness (QED) is 0.712. The molecule has 0 radical (unpaired) electrons. The van der Waals surface area contributed by atoms with E-state index in [4.69, 9.17) is 9.15 Å². The lowest BCUT2D eigenvalue weighted by atomic mass is 10.0. The Morgan fingerprint density at radius 3 is 3.04 bits per heavy atom. The topological polar surface area (TPSA) is 86.3 Å². The third-order valence-corrected chi connectivity index (χ3v) is 4.51. The summed E-state index contributed by atoms with van der Waals surface area (Å²) in [5.74, 6) is 0.427. The number of amides is 1. The summed E-state index contributed by atoms with van der Waals surface area (Å²) in [5, 5.41) is 4.58. The molecular formula is C18H19N5O3. The lowest BCUT2D eigenvalue weighted by Crippen LogP contribution is -2.36. The van der Waals surface area contributed by atoms with Crippen molar-refractivity contribution in [1.29, 1.82) is 0 Å². The van der Waals surface area contributed by atoms with Crippen LogP contribution < -0.4 is 4.74 Å². The molecule has 0 spiro atoms. The van der Waals surface area contributed by atoms with Crippen LogP contribution in [0.15, 0.2) is 35.4 Å². The fourth-order valence-electron chi connectivity index (χ4n) is 3.17. The molecule has 0 fully saturated rings. The van der Waals surface area contributed by atoms with Gasteiger partial charge in [-0.25, -0.2) is 9.97 Å². The van der Waals surface area contributed by atoms with Crippen LogP contribution in [0.5, 0.6) is 5.88 Å². The standard InChI is InChI=1S/C18H19N5O3/c1-12-3-5-19-17(7-12)26-10-14-13-8-23(6-4-16(13)22(2)21-14)18(24)15-9-25-11-20-15/h3,5,7,9,11H,4,6,8,10H2,1-2H3. The second kappa shape index (κ2) is 6.62. The SMILES string of the molecule is Cc1ccnc(OCc2nn(C)c3c2CN(C(=O)c2cocn2)CC3)c1. The molecule has 1 aliphatic heterocycles. The van der Waals surface area contributed by atoms with Gasteiger partial charge in [-0.05, 0) is 18.6 Å². The van der Waals surface area contributed by atoms with Gasteiger partial charge in [-0.1, -0.05) is 0 Å². The minimum atomic E-state index is -0.138. The van der Waals surface area contributed by atoms with Gasteiger partial charge in [0.25, 0.3) is 5.91 Å². The minimum Gasteiger partial charge on any atom is -0.471 e. The van der Waals surface area contributed by atoms with Crippen molar-refractivity contribution in [3.63, 3.8) is 0 Å². The van der Waals surface area contributed by atoms with E-state index in [0.717, 1.165) is 28.9 Å².